The lowest BCUT2D eigenvalue weighted by Crippen LogP contribution is -2.26. The van der Waals surface area contributed by atoms with Crippen molar-refractivity contribution in [3.05, 3.63) is 102 Å². The molecule has 0 spiro atoms. The first-order chi connectivity index (χ1) is 17.7. The molecule has 4 aromatic rings. The minimum atomic E-state index is 0.0141. The standard InChI is InChI=1S/C30H33N3O3/c1-3-9-24-10-4-7-13-28(24)36-21-20-33-27-12-6-5-11-26(27)32-29(33)14-8-19-31-30(34)22-23-15-17-25(35-2)18-16-23/h3-7,10-13,15-18H,1,8-9,14,19-22H2,2H3,(H,31,34). The van der Waals surface area contributed by atoms with Gasteiger partial charge in [-0.2, -0.15) is 0 Å². The van der Waals surface area contributed by atoms with Crippen LogP contribution in [-0.2, 0) is 30.6 Å². The first-order valence-corrected chi connectivity index (χ1v) is 12.3. The van der Waals surface area contributed by atoms with Crippen LogP contribution in [0.15, 0.2) is 85.5 Å². The molecule has 1 N–H and O–H groups in total. The van der Waals surface area contributed by atoms with E-state index >= 15 is 0 Å². The summed E-state index contributed by atoms with van der Waals surface area (Å²) in [5.41, 5.74) is 4.17. The number of amides is 1. The number of nitrogens with zero attached hydrogens (tertiary/aromatic N) is 2. The predicted molar refractivity (Wildman–Crippen MR) is 144 cm³/mol. The van der Waals surface area contributed by atoms with Gasteiger partial charge >= 0.3 is 0 Å². The van der Waals surface area contributed by atoms with Crippen LogP contribution in [0.4, 0.5) is 0 Å². The number of methoxy groups -OCH3 is 1. The zero-order valence-corrected chi connectivity index (χ0v) is 20.8. The molecule has 36 heavy (non-hydrogen) atoms. The molecule has 1 heterocycles. The normalized spacial score (nSPS) is 10.8. The Morgan fingerprint density at radius 3 is 2.64 bits per heavy atom. The number of benzene rings is 3. The summed E-state index contributed by atoms with van der Waals surface area (Å²) < 4.78 is 13.5. The first kappa shape index (κ1) is 25.0. The minimum Gasteiger partial charge on any atom is -0.497 e. The zero-order chi connectivity index (χ0) is 25.2. The van der Waals surface area contributed by atoms with E-state index in [-0.39, 0.29) is 5.91 Å². The van der Waals surface area contributed by atoms with E-state index in [0.29, 0.717) is 26.1 Å². The topological polar surface area (TPSA) is 65.4 Å². The molecule has 0 fully saturated rings. The van der Waals surface area contributed by atoms with Crippen molar-refractivity contribution in [2.75, 3.05) is 20.3 Å². The first-order valence-electron chi connectivity index (χ1n) is 12.3. The molecule has 0 aliphatic heterocycles. The Balaban J connectivity index is 1.32. The van der Waals surface area contributed by atoms with E-state index in [2.05, 4.69) is 28.6 Å². The number of nitrogens with one attached hydrogen (secondary N) is 1. The molecule has 3 aromatic carbocycles. The summed E-state index contributed by atoms with van der Waals surface area (Å²) >= 11 is 0. The molecule has 4 rings (SSSR count). The van der Waals surface area contributed by atoms with Crippen LogP contribution in [0.1, 0.15) is 23.4 Å². The Labute approximate surface area is 212 Å². The fraction of sp³-hybridized carbons (Fsp3) is 0.267. The highest BCUT2D eigenvalue weighted by molar-refractivity contribution is 5.78. The van der Waals surface area contributed by atoms with Gasteiger partial charge in [0.05, 0.1) is 31.1 Å². The molecule has 0 atom stereocenters. The fourth-order valence-corrected chi connectivity index (χ4v) is 4.25. The van der Waals surface area contributed by atoms with E-state index in [1.165, 1.54) is 0 Å². The van der Waals surface area contributed by atoms with Crippen LogP contribution in [0.25, 0.3) is 11.0 Å². The number of rotatable bonds is 13. The third-order valence-electron chi connectivity index (χ3n) is 6.07. The highest BCUT2D eigenvalue weighted by Gasteiger charge is 2.11. The number of aryl methyl sites for hydroxylation is 1. The number of para-hydroxylation sites is 3. The highest BCUT2D eigenvalue weighted by atomic mass is 16.5. The molecule has 1 aromatic heterocycles. The second-order valence-electron chi connectivity index (χ2n) is 8.60. The van der Waals surface area contributed by atoms with Crippen molar-refractivity contribution in [1.29, 1.82) is 0 Å². The van der Waals surface area contributed by atoms with E-state index in [1.54, 1.807) is 7.11 Å². The number of carbonyl (C=O) groups is 1. The van der Waals surface area contributed by atoms with Gasteiger partial charge in [0.15, 0.2) is 0 Å². The highest BCUT2D eigenvalue weighted by Crippen LogP contribution is 2.20. The third kappa shape index (κ3) is 6.54. The lowest BCUT2D eigenvalue weighted by atomic mass is 10.1. The molecule has 6 heteroatoms. The summed E-state index contributed by atoms with van der Waals surface area (Å²) in [7, 11) is 1.63. The molecule has 0 radical (unpaired) electrons. The van der Waals surface area contributed by atoms with Crippen molar-refractivity contribution in [3.63, 3.8) is 0 Å². The largest absolute Gasteiger partial charge is 0.497 e. The summed E-state index contributed by atoms with van der Waals surface area (Å²) in [6, 6.07) is 23.8. The van der Waals surface area contributed by atoms with Crippen molar-refractivity contribution in [3.8, 4) is 11.5 Å². The van der Waals surface area contributed by atoms with Crippen molar-refractivity contribution in [2.45, 2.75) is 32.2 Å². The smallest absolute Gasteiger partial charge is 0.224 e. The lowest BCUT2D eigenvalue weighted by molar-refractivity contribution is -0.120. The zero-order valence-electron chi connectivity index (χ0n) is 20.8. The van der Waals surface area contributed by atoms with Crippen LogP contribution in [0.3, 0.4) is 0 Å². The van der Waals surface area contributed by atoms with Crippen LogP contribution in [0, 0.1) is 0 Å². The van der Waals surface area contributed by atoms with Crippen LogP contribution in [-0.4, -0.2) is 35.7 Å². The van der Waals surface area contributed by atoms with Crippen LogP contribution < -0.4 is 14.8 Å². The fourth-order valence-electron chi connectivity index (χ4n) is 4.25. The number of aromatic nitrogens is 2. The molecular weight excluding hydrogens is 450 g/mol. The van der Waals surface area contributed by atoms with Gasteiger partial charge in [-0.25, -0.2) is 4.98 Å². The van der Waals surface area contributed by atoms with Gasteiger partial charge in [0.2, 0.25) is 5.91 Å². The second-order valence-corrected chi connectivity index (χ2v) is 8.60. The van der Waals surface area contributed by atoms with Crippen molar-refractivity contribution in [2.24, 2.45) is 0 Å². The summed E-state index contributed by atoms with van der Waals surface area (Å²) in [5, 5.41) is 3.03. The van der Waals surface area contributed by atoms with Gasteiger partial charge < -0.3 is 19.4 Å². The Bertz CT molecular complexity index is 1290. The molecule has 0 aliphatic carbocycles. The van der Waals surface area contributed by atoms with E-state index in [0.717, 1.165) is 58.7 Å². The number of hydrogen-bond donors (Lipinski definition) is 1. The second kappa shape index (κ2) is 12.6. The van der Waals surface area contributed by atoms with E-state index in [1.807, 2.05) is 66.7 Å². The molecule has 6 nitrogen and oxygen atoms in total. The lowest BCUT2D eigenvalue weighted by Gasteiger charge is -2.13. The van der Waals surface area contributed by atoms with Crippen LogP contribution in [0.5, 0.6) is 11.5 Å². The average Bonchev–Trinajstić information content (AvgIpc) is 3.25. The monoisotopic (exact) mass is 483 g/mol. The van der Waals surface area contributed by atoms with Crippen molar-refractivity contribution in [1.82, 2.24) is 14.9 Å². The van der Waals surface area contributed by atoms with E-state index in [4.69, 9.17) is 14.5 Å². The van der Waals surface area contributed by atoms with Gasteiger partial charge in [0.25, 0.3) is 0 Å². The number of allylic oxidation sites excluding steroid dienone is 1. The number of carbonyl (C=O) groups excluding carboxylic acids is 1. The van der Waals surface area contributed by atoms with E-state index in [9.17, 15) is 4.79 Å². The van der Waals surface area contributed by atoms with E-state index < -0.39 is 0 Å². The number of hydrogen-bond acceptors (Lipinski definition) is 4. The summed E-state index contributed by atoms with van der Waals surface area (Å²) in [6.07, 6.45) is 4.59. The maximum Gasteiger partial charge on any atom is 0.224 e. The molecular formula is C30H33N3O3. The molecule has 0 bridgehead atoms. The minimum absolute atomic E-state index is 0.0141. The summed E-state index contributed by atoms with van der Waals surface area (Å²) in [5.74, 6) is 2.69. The molecule has 0 saturated carbocycles. The molecule has 186 valence electrons. The Kier molecular flexibility index (Phi) is 8.76. The number of fused-ring (bicyclic) bond motifs is 1. The summed E-state index contributed by atoms with van der Waals surface area (Å²) in [6.45, 7) is 5.68. The van der Waals surface area contributed by atoms with Gasteiger partial charge in [-0.3, -0.25) is 4.79 Å². The van der Waals surface area contributed by atoms with Crippen LogP contribution >= 0.6 is 0 Å². The maximum atomic E-state index is 12.4. The van der Waals surface area contributed by atoms with Gasteiger partial charge in [-0.05, 0) is 54.3 Å². The molecule has 0 unspecified atom stereocenters. The van der Waals surface area contributed by atoms with Gasteiger partial charge in [-0.1, -0.05) is 48.5 Å². The molecule has 1 amide bonds. The Morgan fingerprint density at radius 2 is 1.83 bits per heavy atom. The predicted octanol–water partition coefficient (Wildman–Crippen LogP) is 5.14. The van der Waals surface area contributed by atoms with Crippen molar-refractivity contribution >= 4 is 16.9 Å². The number of ether oxygens (including phenoxy) is 2. The van der Waals surface area contributed by atoms with Gasteiger partial charge in [-0.15, -0.1) is 6.58 Å². The van der Waals surface area contributed by atoms with Gasteiger partial charge in [0, 0.05) is 13.0 Å². The number of imidazole rings is 1. The van der Waals surface area contributed by atoms with Crippen molar-refractivity contribution < 1.29 is 14.3 Å². The SMILES string of the molecule is C=CCc1ccccc1OCCn1c(CCCNC(=O)Cc2ccc(OC)cc2)nc2ccccc21. The third-order valence-corrected chi connectivity index (χ3v) is 6.07. The average molecular weight is 484 g/mol. The molecule has 0 saturated heterocycles. The van der Waals surface area contributed by atoms with Gasteiger partial charge in [0.1, 0.15) is 23.9 Å². The Hall–Kier alpha value is -4.06. The quantitative estimate of drug-likeness (QED) is 0.211. The van der Waals surface area contributed by atoms with Crippen LogP contribution in [0.2, 0.25) is 0 Å². The summed E-state index contributed by atoms with van der Waals surface area (Å²) in [4.78, 5) is 17.2. The molecule has 0 aliphatic rings. The Morgan fingerprint density at radius 1 is 1.06 bits per heavy atom. The maximum absolute atomic E-state index is 12.4.